The Labute approximate surface area is 147 Å². The predicted molar refractivity (Wildman–Crippen MR) is 83.3 cm³/mol. The maximum Gasteiger partial charge on any atom is 0.326 e. The number of rotatable bonds is 11. The summed E-state index contributed by atoms with van der Waals surface area (Å²) in [5.41, 5.74) is 10.8. The Balaban J connectivity index is 2.47. The van der Waals surface area contributed by atoms with Crippen molar-refractivity contribution in [3.05, 3.63) is 11.8 Å². The van der Waals surface area contributed by atoms with E-state index in [4.69, 9.17) is 26.1 Å². The van der Waals surface area contributed by atoms with Crippen LogP contribution in [0.4, 0.5) is 4.79 Å². The van der Waals surface area contributed by atoms with E-state index < -0.39 is 42.4 Å². The first-order valence-corrected chi connectivity index (χ1v) is 7.54. The molecule has 1 aromatic heterocycles. The van der Waals surface area contributed by atoms with Crippen LogP contribution >= 0.6 is 0 Å². The Hall–Kier alpha value is -3.22. The summed E-state index contributed by atoms with van der Waals surface area (Å²) in [4.78, 5) is 43.9. The normalized spacial score (nSPS) is 12.8. The number of nitrogens with two attached hydrogens (primary N) is 2. The van der Waals surface area contributed by atoms with Gasteiger partial charge in [0.25, 0.3) is 0 Å². The Morgan fingerprint density at radius 2 is 1.81 bits per heavy atom. The molecule has 0 saturated carbocycles. The molecule has 0 saturated heterocycles. The van der Waals surface area contributed by atoms with Crippen molar-refractivity contribution in [2.45, 2.75) is 44.3 Å². The molecular formula is C13H20N6O7. The number of aliphatic carboxylic acids is 2. The highest BCUT2D eigenvalue weighted by atomic mass is 16.4. The van der Waals surface area contributed by atoms with E-state index in [1.807, 2.05) is 0 Å². The van der Waals surface area contributed by atoms with Crippen molar-refractivity contribution in [1.82, 2.24) is 20.8 Å². The minimum absolute atomic E-state index is 0.0158. The quantitative estimate of drug-likeness (QED) is 0.262. The summed E-state index contributed by atoms with van der Waals surface area (Å²) in [6, 6.07) is -2.89. The number of nitrogens with zero attached hydrogens (tertiary/aromatic N) is 2. The van der Waals surface area contributed by atoms with Gasteiger partial charge in [0, 0.05) is 12.8 Å². The average molecular weight is 372 g/mol. The molecule has 2 atom stereocenters. The van der Waals surface area contributed by atoms with Gasteiger partial charge in [-0.1, -0.05) is 0 Å². The molecule has 1 heterocycles. The van der Waals surface area contributed by atoms with Gasteiger partial charge in [0.2, 0.25) is 17.7 Å². The van der Waals surface area contributed by atoms with Crippen molar-refractivity contribution < 1.29 is 33.8 Å². The standard InChI is InChI=1S/C13H20N6O7/c14-6(1-3-8(15)20)11-19-18-9(26-11)5-16-13(25)17-7(12(23)24)2-4-10(21)22/h6-7H,1-5,14H2,(H2,15,20)(H,21,22)(H,23,24)(H2,16,17,25). The number of aromatic nitrogens is 2. The number of carboxylic acid groups (broad SMARTS) is 2. The molecular weight excluding hydrogens is 352 g/mol. The first-order chi connectivity index (χ1) is 12.2. The highest BCUT2D eigenvalue weighted by Gasteiger charge is 2.21. The van der Waals surface area contributed by atoms with Crippen molar-refractivity contribution in [3.63, 3.8) is 0 Å². The van der Waals surface area contributed by atoms with E-state index in [1.54, 1.807) is 0 Å². The zero-order valence-electron chi connectivity index (χ0n) is 13.7. The van der Waals surface area contributed by atoms with Gasteiger partial charge in [0.1, 0.15) is 6.04 Å². The molecule has 2 unspecified atom stereocenters. The molecule has 0 aliphatic carbocycles. The van der Waals surface area contributed by atoms with Gasteiger partial charge in [-0.25, -0.2) is 9.59 Å². The van der Waals surface area contributed by atoms with Crippen LogP contribution in [0.3, 0.4) is 0 Å². The SMILES string of the molecule is NC(=O)CCC(N)c1nnc(CNC(=O)NC(CCC(=O)O)C(=O)O)o1. The molecule has 0 aliphatic heterocycles. The third-order valence-electron chi connectivity index (χ3n) is 3.15. The summed E-state index contributed by atoms with van der Waals surface area (Å²) in [7, 11) is 0. The molecule has 0 radical (unpaired) electrons. The molecule has 1 rings (SSSR count). The second-order valence-electron chi connectivity index (χ2n) is 5.30. The van der Waals surface area contributed by atoms with E-state index in [9.17, 15) is 19.2 Å². The van der Waals surface area contributed by atoms with Gasteiger partial charge >= 0.3 is 18.0 Å². The number of nitrogens with one attached hydrogen (secondary N) is 2. The lowest BCUT2D eigenvalue weighted by molar-refractivity contribution is -0.140. The van der Waals surface area contributed by atoms with Gasteiger partial charge in [-0.15, -0.1) is 10.2 Å². The topological polar surface area (TPSA) is 224 Å². The molecule has 0 bridgehead atoms. The molecule has 0 aromatic carbocycles. The molecule has 0 aliphatic rings. The maximum atomic E-state index is 11.7. The van der Waals surface area contributed by atoms with Crippen LogP contribution in [0.2, 0.25) is 0 Å². The van der Waals surface area contributed by atoms with Crippen molar-refractivity contribution in [1.29, 1.82) is 0 Å². The third-order valence-corrected chi connectivity index (χ3v) is 3.15. The van der Waals surface area contributed by atoms with E-state index >= 15 is 0 Å². The van der Waals surface area contributed by atoms with Gasteiger partial charge in [-0.2, -0.15) is 0 Å². The lowest BCUT2D eigenvalue weighted by Gasteiger charge is -2.13. The third kappa shape index (κ3) is 7.57. The minimum Gasteiger partial charge on any atom is -0.481 e. The Kier molecular flexibility index (Phi) is 7.95. The van der Waals surface area contributed by atoms with Gasteiger partial charge in [0.15, 0.2) is 0 Å². The number of primary amides is 1. The number of carboxylic acids is 2. The van der Waals surface area contributed by atoms with E-state index in [1.165, 1.54) is 0 Å². The molecule has 0 fully saturated rings. The summed E-state index contributed by atoms with van der Waals surface area (Å²) in [5, 5.41) is 29.3. The van der Waals surface area contributed by atoms with Crippen LogP contribution < -0.4 is 22.1 Å². The van der Waals surface area contributed by atoms with Crippen LogP contribution in [0.15, 0.2) is 4.42 Å². The first-order valence-electron chi connectivity index (χ1n) is 7.54. The van der Waals surface area contributed by atoms with Crippen LogP contribution in [0.1, 0.15) is 43.5 Å². The van der Waals surface area contributed by atoms with Gasteiger partial charge < -0.3 is 36.7 Å². The second-order valence-corrected chi connectivity index (χ2v) is 5.30. The fourth-order valence-electron chi connectivity index (χ4n) is 1.80. The van der Waals surface area contributed by atoms with E-state index in [0.29, 0.717) is 0 Å². The Morgan fingerprint density at radius 3 is 2.38 bits per heavy atom. The summed E-state index contributed by atoms with van der Waals surface area (Å²) < 4.78 is 5.22. The average Bonchev–Trinajstić information content (AvgIpc) is 3.03. The van der Waals surface area contributed by atoms with Crippen LogP contribution in [-0.2, 0) is 20.9 Å². The first kappa shape index (κ1) is 20.8. The number of hydrogen-bond donors (Lipinski definition) is 6. The minimum atomic E-state index is -1.36. The van der Waals surface area contributed by atoms with Crippen molar-refractivity contribution in [2.75, 3.05) is 0 Å². The van der Waals surface area contributed by atoms with Crippen LogP contribution in [0.5, 0.6) is 0 Å². The highest BCUT2D eigenvalue weighted by molar-refractivity contribution is 5.82. The zero-order valence-corrected chi connectivity index (χ0v) is 13.7. The van der Waals surface area contributed by atoms with Gasteiger partial charge in [0.05, 0.1) is 12.6 Å². The molecule has 8 N–H and O–H groups in total. The second kappa shape index (κ2) is 9.93. The number of hydrogen-bond acceptors (Lipinski definition) is 8. The molecule has 1 aromatic rings. The summed E-state index contributed by atoms with van der Waals surface area (Å²) >= 11 is 0. The number of carbonyl (C=O) groups is 4. The molecule has 3 amide bonds. The van der Waals surface area contributed by atoms with Crippen LogP contribution in [0.25, 0.3) is 0 Å². The molecule has 13 nitrogen and oxygen atoms in total. The van der Waals surface area contributed by atoms with Crippen LogP contribution in [0, 0.1) is 0 Å². The van der Waals surface area contributed by atoms with Gasteiger partial charge in [-0.05, 0) is 12.8 Å². The lowest BCUT2D eigenvalue weighted by Crippen LogP contribution is -2.46. The predicted octanol–water partition coefficient (Wildman–Crippen LogP) is -1.55. The Bertz CT molecular complexity index is 661. The van der Waals surface area contributed by atoms with E-state index in [0.717, 1.165) is 0 Å². The Morgan fingerprint density at radius 1 is 1.12 bits per heavy atom. The van der Waals surface area contributed by atoms with Crippen molar-refractivity contribution >= 4 is 23.9 Å². The highest BCUT2D eigenvalue weighted by Crippen LogP contribution is 2.14. The number of carbonyl (C=O) groups excluding carboxylic acids is 2. The molecule has 144 valence electrons. The molecule has 13 heteroatoms. The van der Waals surface area contributed by atoms with Crippen LogP contribution in [-0.4, -0.2) is 50.3 Å². The maximum absolute atomic E-state index is 11.7. The molecule has 0 spiro atoms. The summed E-state index contributed by atoms with van der Waals surface area (Å²) in [5.74, 6) is -2.98. The fraction of sp³-hybridized carbons (Fsp3) is 0.538. The van der Waals surface area contributed by atoms with E-state index in [2.05, 4.69) is 20.8 Å². The lowest BCUT2D eigenvalue weighted by atomic mass is 10.1. The number of amides is 3. The van der Waals surface area contributed by atoms with E-state index in [-0.39, 0.29) is 37.6 Å². The monoisotopic (exact) mass is 372 g/mol. The molecule has 26 heavy (non-hydrogen) atoms. The van der Waals surface area contributed by atoms with Gasteiger partial charge in [-0.3, -0.25) is 9.59 Å². The number of urea groups is 1. The largest absolute Gasteiger partial charge is 0.481 e. The van der Waals surface area contributed by atoms with Crippen molar-refractivity contribution in [3.8, 4) is 0 Å². The zero-order chi connectivity index (χ0) is 19.7. The smallest absolute Gasteiger partial charge is 0.326 e. The summed E-state index contributed by atoms with van der Waals surface area (Å²) in [6.45, 7) is -0.202. The fourth-order valence-corrected chi connectivity index (χ4v) is 1.80. The van der Waals surface area contributed by atoms with Crippen molar-refractivity contribution in [2.24, 2.45) is 11.5 Å². The summed E-state index contributed by atoms with van der Waals surface area (Å²) in [6.07, 6.45) is -0.411.